The van der Waals surface area contributed by atoms with E-state index in [9.17, 15) is 19.6 Å². The monoisotopic (exact) mass is 312 g/mol. The highest BCUT2D eigenvalue weighted by Gasteiger charge is 2.16. The van der Waals surface area contributed by atoms with Gasteiger partial charge in [-0.1, -0.05) is 6.92 Å². The first kappa shape index (κ1) is 15.4. The van der Waals surface area contributed by atoms with Gasteiger partial charge in [-0.2, -0.15) is 0 Å². The van der Waals surface area contributed by atoms with Crippen molar-refractivity contribution < 1.29 is 14.4 Å². The van der Waals surface area contributed by atoms with Crippen LogP contribution in [0, 0.1) is 15.9 Å². The summed E-state index contributed by atoms with van der Waals surface area (Å²) in [5.74, 6) is -0.285. The van der Waals surface area contributed by atoms with Crippen LogP contribution in [0.2, 0.25) is 0 Å². The average molecular weight is 312 g/mol. The van der Waals surface area contributed by atoms with E-state index in [1.54, 1.807) is 4.57 Å². The smallest absolute Gasteiger partial charge is 0.272 e. The average Bonchev–Trinajstić information content (AvgIpc) is 2.83. The van der Waals surface area contributed by atoms with Crippen LogP contribution in [0.4, 0.5) is 10.1 Å². The molecule has 1 heterocycles. The molecule has 9 heteroatoms. The van der Waals surface area contributed by atoms with Gasteiger partial charge in [-0.3, -0.25) is 10.1 Å². The van der Waals surface area contributed by atoms with E-state index in [1.807, 2.05) is 6.92 Å². The van der Waals surface area contributed by atoms with Gasteiger partial charge >= 0.3 is 0 Å². The summed E-state index contributed by atoms with van der Waals surface area (Å²) in [5.41, 5.74) is -0.303. The van der Waals surface area contributed by atoms with E-state index in [1.165, 1.54) is 12.1 Å². The molecule has 2 rings (SSSR count). The second-order valence-corrected chi connectivity index (χ2v) is 5.19. The number of hydrogen-bond donors (Lipinski definition) is 1. The van der Waals surface area contributed by atoms with Crippen molar-refractivity contribution in [2.24, 2.45) is 0 Å². The molecule has 1 aromatic heterocycles. The van der Waals surface area contributed by atoms with E-state index in [2.05, 4.69) is 10.2 Å². The summed E-state index contributed by atoms with van der Waals surface area (Å²) in [5, 5.41) is 28.0. The molecule has 0 bridgehead atoms. The van der Waals surface area contributed by atoms with Gasteiger partial charge in [0.15, 0.2) is 11.0 Å². The summed E-state index contributed by atoms with van der Waals surface area (Å²) in [4.78, 5) is 10.1. The largest absolute Gasteiger partial charge is 0.388 e. The Kier molecular flexibility index (Phi) is 4.86. The van der Waals surface area contributed by atoms with Gasteiger partial charge < -0.3 is 9.67 Å². The van der Waals surface area contributed by atoms with Gasteiger partial charge in [-0.25, -0.2) is 4.39 Å². The van der Waals surface area contributed by atoms with E-state index < -0.39 is 10.7 Å². The standard InChI is InChI=1S/C12H13FN4O3S/c1-2-5-16-11(7-18)14-15-12(16)21-10-4-3-8(17(19)20)6-9(10)13/h3-4,6,18H,2,5,7H2,1H3. The minimum absolute atomic E-state index is 0.217. The van der Waals surface area contributed by atoms with Crippen LogP contribution in [0.1, 0.15) is 19.2 Å². The normalized spacial score (nSPS) is 10.8. The lowest BCUT2D eigenvalue weighted by Crippen LogP contribution is -2.04. The highest BCUT2D eigenvalue weighted by Crippen LogP contribution is 2.31. The zero-order valence-corrected chi connectivity index (χ0v) is 12.0. The lowest BCUT2D eigenvalue weighted by Gasteiger charge is -2.07. The van der Waals surface area contributed by atoms with Gasteiger partial charge in [0.05, 0.1) is 15.9 Å². The van der Waals surface area contributed by atoms with Crippen molar-refractivity contribution in [2.45, 2.75) is 36.5 Å². The molecule has 0 unspecified atom stereocenters. The number of nitro benzene ring substituents is 1. The Bertz CT molecular complexity index is 662. The summed E-state index contributed by atoms with van der Waals surface area (Å²) in [6, 6.07) is 3.44. The fourth-order valence-corrected chi connectivity index (χ4v) is 2.62. The van der Waals surface area contributed by atoms with Gasteiger partial charge in [-0.15, -0.1) is 10.2 Å². The predicted molar refractivity (Wildman–Crippen MR) is 73.4 cm³/mol. The van der Waals surface area contributed by atoms with E-state index in [4.69, 9.17) is 0 Å². The Labute approximate surface area is 124 Å². The molecule has 7 nitrogen and oxygen atoms in total. The van der Waals surface area contributed by atoms with Crippen LogP contribution in [0.25, 0.3) is 0 Å². The molecule has 0 atom stereocenters. The number of aliphatic hydroxyl groups excluding tert-OH is 1. The first-order chi connectivity index (χ1) is 10.1. The third-order valence-electron chi connectivity index (χ3n) is 2.71. The summed E-state index contributed by atoms with van der Waals surface area (Å²) in [7, 11) is 0. The van der Waals surface area contributed by atoms with Gasteiger partial charge in [0.25, 0.3) is 5.69 Å². The van der Waals surface area contributed by atoms with Gasteiger partial charge in [0.2, 0.25) is 0 Å². The van der Waals surface area contributed by atoms with E-state index in [0.717, 1.165) is 24.2 Å². The molecule has 0 saturated carbocycles. The molecule has 0 amide bonds. The number of halogens is 1. The van der Waals surface area contributed by atoms with Crippen LogP contribution in [-0.2, 0) is 13.2 Å². The SMILES string of the molecule is CCCn1c(CO)nnc1Sc1ccc([N+](=O)[O-])cc1F. The quantitative estimate of drug-likeness (QED) is 0.650. The minimum atomic E-state index is -0.689. The number of hydrogen-bond acceptors (Lipinski definition) is 6. The van der Waals surface area contributed by atoms with Gasteiger partial charge in [0.1, 0.15) is 12.4 Å². The number of nitro groups is 1. The molecule has 0 aliphatic heterocycles. The van der Waals surface area contributed by atoms with Crippen LogP contribution in [0.5, 0.6) is 0 Å². The maximum atomic E-state index is 13.9. The fraction of sp³-hybridized carbons (Fsp3) is 0.333. The second kappa shape index (κ2) is 6.64. The Balaban J connectivity index is 2.30. The molecular formula is C12H13FN4O3S. The topological polar surface area (TPSA) is 94.1 Å². The summed E-state index contributed by atoms with van der Waals surface area (Å²) in [6.07, 6.45) is 0.807. The molecule has 0 spiro atoms. The molecule has 0 fully saturated rings. The number of non-ortho nitro benzene ring substituents is 1. The van der Waals surface area contributed by atoms with Crippen molar-refractivity contribution in [2.75, 3.05) is 0 Å². The molecule has 112 valence electrons. The number of aliphatic hydroxyl groups is 1. The zero-order valence-electron chi connectivity index (χ0n) is 11.2. The minimum Gasteiger partial charge on any atom is -0.388 e. The molecule has 1 aromatic carbocycles. The van der Waals surface area contributed by atoms with Crippen LogP contribution >= 0.6 is 11.8 Å². The Hall–Kier alpha value is -2.00. The van der Waals surface area contributed by atoms with Crippen LogP contribution in [0.15, 0.2) is 28.3 Å². The summed E-state index contributed by atoms with van der Waals surface area (Å²) < 4.78 is 15.6. The molecule has 2 aromatic rings. The molecule has 0 radical (unpaired) electrons. The van der Waals surface area contributed by atoms with Crippen LogP contribution < -0.4 is 0 Å². The molecule has 1 N–H and O–H groups in total. The fourth-order valence-electron chi connectivity index (χ4n) is 1.74. The first-order valence-electron chi connectivity index (χ1n) is 6.21. The molecule has 0 aliphatic rings. The van der Waals surface area contributed by atoms with E-state index in [-0.39, 0.29) is 17.2 Å². The van der Waals surface area contributed by atoms with Crippen molar-refractivity contribution in [3.63, 3.8) is 0 Å². The van der Waals surface area contributed by atoms with Crippen molar-refractivity contribution in [3.8, 4) is 0 Å². The number of aromatic nitrogens is 3. The van der Waals surface area contributed by atoms with Crippen molar-refractivity contribution in [3.05, 3.63) is 40.0 Å². The summed E-state index contributed by atoms with van der Waals surface area (Å²) in [6.45, 7) is 2.30. The van der Waals surface area contributed by atoms with E-state index in [0.29, 0.717) is 17.5 Å². The predicted octanol–water partition coefficient (Wildman–Crippen LogP) is 2.38. The Morgan fingerprint density at radius 1 is 1.48 bits per heavy atom. The maximum Gasteiger partial charge on any atom is 0.272 e. The zero-order chi connectivity index (χ0) is 15.4. The number of nitrogens with zero attached hydrogens (tertiary/aromatic N) is 4. The van der Waals surface area contributed by atoms with Crippen molar-refractivity contribution >= 4 is 17.4 Å². The van der Waals surface area contributed by atoms with Crippen LogP contribution in [0.3, 0.4) is 0 Å². The van der Waals surface area contributed by atoms with Crippen LogP contribution in [-0.4, -0.2) is 24.8 Å². The third-order valence-corrected chi connectivity index (χ3v) is 3.75. The maximum absolute atomic E-state index is 13.9. The molecule has 0 aliphatic carbocycles. The lowest BCUT2D eigenvalue weighted by molar-refractivity contribution is -0.385. The van der Waals surface area contributed by atoms with E-state index >= 15 is 0 Å². The number of benzene rings is 1. The van der Waals surface area contributed by atoms with Crippen molar-refractivity contribution in [1.29, 1.82) is 0 Å². The molecule has 21 heavy (non-hydrogen) atoms. The Morgan fingerprint density at radius 2 is 2.24 bits per heavy atom. The second-order valence-electron chi connectivity index (χ2n) is 4.18. The van der Waals surface area contributed by atoms with Crippen molar-refractivity contribution in [1.82, 2.24) is 14.8 Å². The number of rotatable bonds is 6. The highest BCUT2D eigenvalue weighted by molar-refractivity contribution is 7.99. The third kappa shape index (κ3) is 3.37. The van der Waals surface area contributed by atoms with Gasteiger partial charge in [0, 0.05) is 12.6 Å². The van der Waals surface area contributed by atoms with Gasteiger partial charge in [-0.05, 0) is 24.2 Å². The summed E-state index contributed by atoms with van der Waals surface area (Å²) >= 11 is 1.02. The lowest BCUT2D eigenvalue weighted by atomic mass is 10.3. The molecule has 0 saturated heterocycles. The highest BCUT2D eigenvalue weighted by atomic mass is 32.2. The molecular weight excluding hydrogens is 299 g/mol. The Morgan fingerprint density at radius 3 is 2.81 bits per heavy atom. The first-order valence-corrected chi connectivity index (χ1v) is 7.03.